The van der Waals surface area contributed by atoms with Crippen molar-refractivity contribution in [3.8, 4) is 0 Å². The van der Waals surface area contributed by atoms with Crippen LogP contribution >= 0.6 is 22.9 Å². The van der Waals surface area contributed by atoms with Crippen molar-refractivity contribution in [2.45, 2.75) is 47.0 Å². The molecule has 0 unspecified atom stereocenters. The summed E-state index contributed by atoms with van der Waals surface area (Å²) in [6.07, 6.45) is 2.50. The summed E-state index contributed by atoms with van der Waals surface area (Å²) in [5.41, 5.74) is 2.00. The zero-order chi connectivity index (χ0) is 18.4. The molecular weight excluding hydrogens is 354 g/mol. The molecule has 2 rings (SSSR count). The van der Waals surface area contributed by atoms with Gasteiger partial charge in [-0.15, -0.1) is 0 Å². The van der Waals surface area contributed by atoms with Crippen LogP contribution in [-0.4, -0.2) is 42.0 Å². The molecule has 0 fully saturated rings. The first-order valence-corrected chi connectivity index (χ1v) is 10.3. The number of rotatable bonds is 9. The third kappa shape index (κ3) is 5.16. The maximum Gasteiger partial charge on any atom is 0.228 e. The molecule has 1 amide bonds. The van der Waals surface area contributed by atoms with Crippen molar-refractivity contribution >= 4 is 44.2 Å². The number of benzene rings is 1. The largest absolute Gasteiger partial charge is 0.302 e. The number of amides is 1. The smallest absolute Gasteiger partial charge is 0.228 e. The van der Waals surface area contributed by atoms with Gasteiger partial charge >= 0.3 is 0 Å². The molecule has 2 aromatic rings. The van der Waals surface area contributed by atoms with E-state index in [9.17, 15) is 4.79 Å². The lowest BCUT2D eigenvalue weighted by Gasteiger charge is -2.24. The molecule has 0 spiro atoms. The number of fused-ring (bicyclic) bond motifs is 1. The van der Waals surface area contributed by atoms with Crippen molar-refractivity contribution in [3.63, 3.8) is 0 Å². The van der Waals surface area contributed by atoms with Crippen molar-refractivity contribution in [1.29, 1.82) is 0 Å². The first-order chi connectivity index (χ1) is 12.0. The van der Waals surface area contributed by atoms with Crippen LogP contribution in [0.4, 0.5) is 5.13 Å². The van der Waals surface area contributed by atoms with E-state index in [4.69, 9.17) is 16.6 Å². The van der Waals surface area contributed by atoms with Crippen LogP contribution in [0, 0.1) is 6.92 Å². The highest BCUT2D eigenvalue weighted by Crippen LogP contribution is 2.33. The maximum absolute atomic E-state index is 12.8. The molecule has 1 aromatic carbocycles. The number of hydrogen-bond acceptors (Lipinski definition) is 4. The second kappa shape index (κ2) is 9.51. The van der Waals surface area contributed by atoms with Gasteiger partial charge in [0.15, 0.2) is 5.13 Å². The highest BCUT2D eigenvalue weighted by molar-refractivity contribution is 7.22. The second-order valence-electron chi connectivity index (χ2n) is 6.24. The summed E-state index contributed by atoms with van der Waals surface area (Å²) in [5, 5.41) is 1.50. The summed E-state index contributed by atoms with van der Waals surface area (Å²) < 4.78 is 1.04. The molecular formula is C19H28ClN3OS. The van der Waals surface area contributed by atoms with Gasteiger partial charge in [0.05, 0.1) is 10.2 Å². The number of carbonyl (C=O) groups excluding carboxylic acids is 1. The van der Waals surface area contributed by atoms with Crippen LogP contribution in [0.15, 0.2) is 12.1 Å². The van der Waals surface area contributed by atoms with Gasteiger partial charge in [0.25, 0.3) is 0 Å². The van der Waals surface area contributed by atoms with E-state index < -0.39 is 0 Å². The van der Waals surface area contributed by atoms with Gasteiger partial charge in [-0.25, -0.2) is 4.98 Å². The highest BCUT2D eigenvalue weighted by Gasteiger charge is 2.20. The Morgan fingerprint density at radius 3 is 2.56 bits per heavy atom. The third-order valence-corrected chi connectivity index (χ3v) is 5.69. The molecule has 0 saturated heterocycles. The molecule has 0 atom stereocenters. The van der Waals surface area contributed by atoms with Crippen LogP contribution in [-0.2, 0) is 4.79 Å². The maximum atomic E-state index is 12.8. The number of halogens is 1. The normalized spacial score (nSPS) is 11.4. The van der Waals surface area contributed by atoms with Gasteiger partial charge < -0.3 is 4.90 Å². The van der Waals surface area contributed by atoms with Gasteiger partial charge in [-0.3, -0.25) is 9.69 Å². The van der Waals surface area contributed by atoms with Gasteiger partial charge in [-0.05, 0) is 44.1 Å². The minimum absolute atomic E-state index is 0.164. The molecule has 0 radical (unpaired) electrons. The van der Waals surface area contributed by atoms with Crippen LogP contribution in [0.5, 0.6) is 0 Å². The summed E-state index contributed by atoms with van der Waals surface area (Å²) in [5.74, 6) is 0.164. The summed E-state index contributed by atoms with van der Waals surface area (Å²) >= 11 is 7.73. The molecule has 4 nitrogen and oxygen atoms in total. The first kappa shape index (κ1) is 20.1. The quantitative estimate of drug-likeness (QED) is 0.604. The van der Waals surface area contributed by atoms with Crippen molar-refractivity contribution in [2.75, 3.05) is 31.1 Å². The van der Waals surface area contributed by atoms with E-state index in [1.54, 1.807) is 11.3 Å². The number of thiazole rings is 1. The van der Waals surface area contributed by atoms with Crippen molar-refractivity contribution in [2.24, 2.45) is 0 Å². The number of carbonyl (C=O) groups is 1. The van der Waals surface area contributed by atoms with E-state index in [2.05, 4.69) is 25.7 Å². The average Bonchev–Trinajstić information content (AvgIpc) is 3.00. The molecule has 0 N–H and O–H groups in total. The zero-order valence-electron chi connectivity index (χ0n) is 15.6. The number of aryl methyl sites for hydroxylation is 1. The number of unbranched alkanes of at least 4 members (excludes halogenated alkanes) is 1. The predicted molar refractivity (Wildman–Crippen MR) is 109 cm³/mol. The lowest BCUT2D eigenvalue weighted by Crippen LogP contribution is -2.38. The Morgan fingerprint density at radius 2 is 1.92 bits per heavy atom. The minimum Gasteiger partial charge on any atom is -0.302 e. The SMILES string of the molecule is CCCCC(=O)N(CCN(CC)CC)c1nc2c(C)cc(Cl)cc2s1. The molecule has 1 aromatic heterocycles. The van der Waals surface area contributed by atoms with E-state index in [0.717, 1.165) is 53.4 Å². The minimum atomic E-state index is 0.164. The summed E-state index contributed by atoms with van der Waals surface area (Å²) in [7, 11) is 0. The van der Waals surface area contributed by atoms with Gasteiger partial charge in [0, 0.05) is 24.5 Å². The fourth-order valence-electron chi connectivity index (χ4n) is 2.83. The van der Waals surface area contributed by atoms with E-state index >= 15 is 0 Å². The van der Waals surface area contributed by atoms with Crippen LogP contribution in [0.3, 0.4) is 0 Å². The lowest BCUT2D eigenvalue weighted by molar-refractivity contribution is -0.118. The van der Waals surface area contributed by atoms with Crippen LogP contribution in [0.1, 0.15) is 45.6 Å². The zero-order valence-corrected chi connectivity index (χ0v) is 17.2. The molecule has 0 aliphatic heterocycles. The number of likely N-dealkylation sites (N-methyl/N-ethyl adjacent to an activating group) is 1. The molecule has 138 valence electrons. The monoisotopic (exact) mass is 381 g/mol. The van der Waals surface area contributed by atoms with Gasteiger partial charge in [-0.1, -0.05) is 50.1 Å². The molecule has 1 heterocycles. The molecule has 6 heteroatoms. The Bertz CT molecular complexity index is 712. The van der Waals surface area contributed by atoms with Gasteiger partial charge in [-0.2, -0.15) is 0 Å². The summed E-state index contributed by atoms with van der Waals surface area (Å²) in [6.45, 7) is 11.9. The summed E-state index contributed by atoms with van der Waals surface area (Å²) in [6, 6.07) is 3.86. The molecule has 0 aliphatic rings. The van der Waals surface area contributed by atoms with E-state index in [1.165, 1.54) is 0 Å². The Kier molecular flexibility index (Phi) is 7.66. The van der Waals surface area contributed by atoms with Crippen LogP contribution < -0.4 is 4.90 Å². The van der Waals surface area contributed by atoms with Gasteiger partial charge in [0.1, 0.15) is 0 Å². The molecule has 0 aliphatic carbocycles. The van der Waals surface area contributed by atoms with Gasteiger partial charge in [0.2, 0.25) is 5.91 Å². The van der Waals surface area contributed by atoms with Crippen molar-refractivity contribution in [3.05, 3.63) is 22.7 Å². The fourth-order valence-corrected chi connectivity index (χ4v) is 4.29. The molecule has 0 bridgehead atoms. The third-order valence-electron chi connectivity index (χ3n) is 4.45. The van der Waals surface area contributed by atoms with Crippen LogP contribution in [0.2, 0.25) is 5.02 Å². The van der Waals surface area contributed by atoms with E-state index in [-0.39, 0.29) is 5.91 Å². The Labute approximate surface area is 159 Å². The average molecular weight is 382 g/mol. The van der Waals surface area contributed by atoms with Crippen molar-refractivity contribution in [1.82, 2.24) is 9.88 Å². The highest BCUT2D eigenvalue weighted by atomic mass is 35.5. The lowest BCUT2D eigenvalue weighted by atomic mass is 10.2. The Hall–Kier alpha value is -1.17. The molecule has 25 heavy (non-hydrogen) atoms. The fraction of sp³-hybridized carbons (Fsp3) is 0.579. The standard InChI is InChI=1S/C19H28ClN3OS/c1-5-8-9-17(24)23(11-10-22(6-2)7-3)19-21-18-14(4)12-15(20)13-16(18)25-19/h12-13H,5-11H2,1-4H3. The molecule has 0 saturated carbocycles. The number of aromatic nitrogens is 1. The van der Waals surface area contributed by atoms with E-state index in [0.29, 0.717) is 18.0 Å². The second-order valence-corrected chi connectivity index (χ2v) is 7.69. The van der Waals surface area contributed by atoms with E-state index in [1.807, 2.05) is 24.0 Å². The van der Waals surface area contributed by atoms with Crippen LogP contribution in [0.25, 0.3) is 10.2 Å². The topological polar surface area (TPSA) is 36.4 Å². The number of hydrogen-bond donors (Lipinski definition) is 0. The number of nitrogens with zero attached hydrogens (tertiary/aromatic N) is 3. The number of anilines is 1. The Morgan fingerprint density at radius 1 is 1.20 bits per heavy atom. The predicted octanol–water partition coefficient (Wildman–Crippen LogP) is 5.12. The first-order valence-electron chi connectivity index (χ1n) is 9.09. The van der Waals surface area contributed by atoms with Crippen molar-refractivity contribution < 1.29 is 4.79 Å². The summed E-state index contributed by atoms with van der Waals surface area (Å²) in [4.78, 5) is 21.7. The Balaban J connectivity index is 2.30.